The van der Waals surface area contributed by atoms with Crippen LogP contribution in [0.5, 0.6) is 11.5 Å². The van der Waals surface area contributed by atoms with Crippen LogP contribution in [0.2, 0.25) is 0 Å². The summed E-state index contributed by atoms with van der Waals surface area (Å²) in [6.45, 7) is 6.15. The summed E-state index contributed by atoms with van der Waals surface area (Å²) < 4.78 is 10.7. The third-order valence-corrected chi connectivity index (χ3v) is 4.69. The van der Waals surface area contributed by atoms with Crippen LogP contribution in [0.15, 0.2) is 42.5 Å². The fourth-order valence-electron chi connectivity index (χ4n) is 3.22. The first-order chi connectivity index (χ1) is 14.0. The predicted octanol–water partition coefficient (Wildman–Crippen LogP) is 4.38. The van der Waals surface area contributed by atoms with E-state index in [4.69, 9.17) is 9.47 Å². The van der Waals surface area contributed by atoms with Gasteiger partial charge in [0.25, 0.3) is 5.91 Å². The van der Waals surface area contributed by atoms with E-state index in [1.807, 2.05) is 26.0 Å². The first kappa shape index (κ1) is 18.7. The lowest BCUT2D eigenvalue weighted by Gasteiger charge is -2.14. The monoisotopic (exact) mass is 390 g/mol. The van der Waals surface area contributed by atoms with Gasteiger partial charge >= 0.3 is 0 Å². The van der Waals surface area contributed by atoms with Crippen LogP contribution in [0.1, 0.15) is 34.2 Å². The molecule has 4 rings (SSSR count). The van der Waals surface area contributed by atoms with Crippen molar-refractivity contribution < 1.29 is 14.3 Å². The normalized spacial score (nSPS) is 12.0. The van der Waals surface area contributed by atoms with Crippen molar-refractivity contribution in [2.75, 3.05) is 17.4 Å². The molecule has 1 aromatic heterocycles. The maximum atomic E-state index is 12.8. The number of anilines is 3. The molecule has 2 N–H and O–H groups in total. The number of nitrogens with one attached hydrogen (secondary N) is 2. The highest BCUT2D eigenvalue weighted by molar-refractivity contribution is 6.03. The molecule has 1 aliphatic rings. The van der Waals surface area contributed by atoms with E-state index >= 15 is 0 Å². The molecule has 1 amide bonds. The van der Waals surface area contributed by atoms with Crippen LogP contribution in [0.3, 0.4) is 0 Å². The Morgan fingerprint density at radius 1 is 1.07 bits per heavy atom. The van der Waals surface area contributed by atoms with E-state index < -0.39 is 0 Å². The third kappa shape index (κ3) is 3.99. The lowest BCUT2D eigenvalue weighted by atomic mass is 10.1. The number of hydrogen-bond donors (Lipinski definition) is 2. The molecule has 0 bridgehead atoms. The van der Waals surface area contributed by atoms with Gasteiger partial charge in [-0.05, 0) is 49.6 Å². The minimum Gasteiger partial charge on any atom is -0.454 e. The number of amides is 1. The van der Waals surface area contributed by atoms with Crippen molar-refractivity contribution in [1.29, 1.82) is 0 Å². The molecule has 0 spiro atoms. The molecule has 2 heterocycles. The van der Waals surface area contributed by atoms with Crippen molar-refractivity contribution in [3.8, 4) is 11.5 Å². The van der Waals surface area contributed by atoms with Gasteiger partial charge in [-0.25, -0.2) is 9.97 Å². The molecule has 0 saturated carbocycles. The summed E-state index contributed by atoms with van der Waals surface area (Å²) in [6, 6.07) is 13.0. The number of aryl methyl sites for hydroxylation is 3. The topological polar surface area (TPSA) is 85.4 Å². The van der Waals surface area contributed by atoms with E-state index in [-0.39, 0.29) is 18.4 Å². The Morgan fingerprint density at radius 3 is 2.72 bits per heavy atom. The Hall–Kier alpha value is -3.61. The second kappa shape index (κ2) is 7.79. The van der Waals surface area contributed by atoms with Crippen molar-refractivity contribution in [1.82, 2.24) is 9.97 Å². The van der Waals surface area contributed by atoms with Gasteiger partial charge in [-0.3, -0.25) is 4.79 Å². The summed E-state index contributed by atoms with van der Waals surface area (Å²) in [4.78, 5) is 21.6. The summed E-state index contributed by atoms with van der Waals surface area (Å²) in [5.74, 6) is 1.34. The lowest BCUT2D eigenvalue weighted by molar-refractivity contribution is 0.102. The van der Waals surface area contributed by atoms with E-state index in [9.17, 15) is 4.79 Å². The number of fused-ring (bicyclic) bond motifs is 1. The highest BCUT2D eigenvalue weighted by atomic mass is 16.7. The van der Waals surface area contributed by atoms with Gasteiger partial charge in [-0.2, -0.15) is 0 Å². The molecule has 1 aliphatic heterocycles. The maximum absolute atomic E-state index is 12.8. The first-order valence-electron chi connectivity index (χ1n) is 9.45. The number of nitrogens with zero attached hydrogens (tertiary/aromatic N) is 2. The van der Waals surface area contributed by atoms with Crippen LogP contribution in [0.4, 0.5) is 17.3 Å². The molecule has 0 radical (unpaired) electrons. The average molecular weight is 390 g/mol. The van der Waals surface area contributed by atoms with Gasteiger partial charge in [0.05, 0.1) is 0 Å². The van der Waals surface area contributed by atoms with Gasteiger partial charge in [0.15, 0.2) is 11.5 Å². The zero-order valence-electron chi connectivity index (χ0n) is 16.6. The molecule has 29 heavy (non-hydrogen) atoms. The Morgan fingerprint density at radius 2 is 1.90 bits per heavy atom. The Bertz CT molecular complexity index is 1080. The maximum Gasteiger partial charge on any atom is 0.274 e. The van der Waals surface area contributed by atoms with Gasteiger partial charge in [0.2, 0.25) is 12.7 Å². The molecular formula is C22H22N4O3. The summed E-state index contributed by atoms with van der Waals surface area (Å²) in [5, 5.41) is 6.13. The fraction of sp³-hybridized carbons (Fsp3) is 0.227. The van der Waals surface area contributed by atoms with Crippen LogP contribution in [0, 0.1) is 13.8 Å². The Labute approximate surface area is 169 Å². The largest absolute Gasteiger partial charge is 0.454 e. The van der Waals surface area contributed by atoms with Crippen LogP contribution < -0.4 is 20.1 Å². The number of benzene rings is 2. The molecule has 0 atom stereocenters. The van der Waals surface area contributed by atoms with Crippen molar-refractivity contribution in [3.63, 3.8) is 0 Å². The summed E-state index contributed by atoms with van der Waals surface area (Å²) in [5.41, 5.74) is 4.83. The van der Waals surface area contributed by atoms with Crippen molar-refractivity contribution in [2.45, 2.75) is 27.2 Å². The number of rotatable bonds is 5. The minimum atomic E-state index is -0.321. The van der Waals surface area contributed by atoms with E-state index in [2.05, 4.69) is 33.6 Å². The van der Waals surface area contributed by atoms with Crippen molar-refractivity contribution in [2.24, 2.45) is 0 Å². The Balaban J connectivity index is 1.58. The number of para-hydroxylation sites is 1. The molecular weight excluding hydrogens is 368 g/mol. The summed E-state index contributed by atoms with van der Waals surface area (Å²) >= 11 is 0. The zero-order chi connectivity index (χ0) is 20.4. The number of carbonyl (C=O) groups is 1. The lowest BCUT2D eigenvalue weighted by Crippen LogP contribution is -2.15. The smallest absolute Gasteiger partial charge is 0.274 e. The number of hydrogen-bond acceptors (Lipinski definition) is 6. The second-order valence-electron chi connectivity index (χ2n) is 6.83. The van der Waals surface area contributed by atoms with E-state index in [0.29, 0.717) is 28.8 Å². The molecule has 0 unspecified atom stereocenters. The fourth-order valence-corrected chi connectivity index (χ4v) is 3.22. The van der Waals surface area contributed by atoms with E-state index in [0.717, 1.165) is 17.7 Å². The van der Waals surface area contributed by atoms with Crippen molar-refractivity contribution >= 4 is 23.2 Å². The number of ether oxygens (including phenoxy) is 2. The standard InChI is InChI=1S/C22H22N4O3/c1-4-15-7-5-6-13(2)20(15)26-22-23-14(3)10-17(25-22)21(27)24-16-8-9-18-19(11-16)29-12-28-18/h5-11H,4,12H2,1-3H3,(H,24,27)(H,23,25,26). The van der Waals surface area contributed by atoms with Crippen LogP contribution in [-0.2, 0) is 6.42 Å². The quantitative estimate of drug-likeness (QED) is 0.672. The third-order valence-electron chi connectivity index (χ3n) is 4.69. The van der Waals surface area contributed by atoms with Crippen molar-refractivity contribution in [3.05, 3.63) is 65.0 Å². The van der Waals surface area contributed by atoms with Crippen LogP contribution in [-0.4, -0.2) is 22.7 Å². The SMILES string of the molecule is CCc1cccc(C)c1Nc1nc(C)cc(C(=O)Nc2ccc3c(c2)OCO3)n1. The second-order valence-corrected chi connectivity index (χ2v) is 6.83. The molecule has 0 fully saturated rings. The van der Waals surface area contributed by atoms with E-state index in [1.165, 1.54) is 5.56 Å². The van der Waals surface area contributed by atoms with Gasteiger partial charge in [0, 0.05) is 23.1 Å². The number of aromatic nitrogens is 2. The summed E-state index contributed by atoms with van der Waals surface area (Å²) in [7, 11) is 0. The number of carbonyl (C=O) groups excluding carboxylic acids is 1. The summed E-state index contributed by atoms with van der Waals surface area (Å²) in [6.07, 6.45) is 0.882. The molecule has 3 aromatic rings. The highest BCUT2D eigenvalue weighted by Gasteiger charge is 2.16. The van der Waals surface area contributed by atoms with Gasteiger partial charge < -0.3 is 20.1 Å². The van der Waals surface area contributed by atoms with Gasteiger partial charge in [-0.15, -0.1) is 0 Å². The Kier molecular flexibility index (Phi) is 5.03. The molecule has 7 heteroatoms. The molecule has 7 nitrogen and oxygen atoms in total. The predicted molar refractivity (Wildman–Crippen MR) is 111 cm³/mol. The first-order valence-corrected chi connectivity index (χ1v) is 9.45. The molecule has 0 aliphatic carbocycles. The van der Waals surface area contributed by atoms with Gasteiger partial charge in [0.1, 0.15) is 5.69 Å². The van der Waals surface area contributed by atoms with Crippen LogP contribution in [0.25, 0.3) is 0 Å². The minimum absolute atomic E-state index is 0.186. The molecule has 0 saturated heterocycles. The van der Waals surface area contributed by atoms with Crippen LogP contribution >= 0.6 is 0 Å². The zero-order valence-corrected chi connectivity index (χ0v) is 16.6. The molecule has 148 valence electrons. The average Bonchev–Trinajstić information content (AvgIpc) is 3.17. The van der Waals surface area contributed by atoms with E-state index in [1.54, 1.807) is 24.3 Å². The highest BCUT2D eigenvalue weighted by Crippen LogP contribution is 2.34. The van der Waals surface area contributed by atoms with Gasteiger partial charge in [-0.1, -0.05) is 25.1 Å². The molecule has 2 aromatic carbocycles.